The molecule has 0 aliphatic carbocycles. The van der Waals surface area contributed by atoms with Gasteiger partial charge in [-0.1, -0.05) is 0 Å². The molecule has 0 aliphatic rings. The lowest BCUT2D eigenvalue weighted by molar-refractivity contribution is 0.0697. The minimum absolute atomic E-state index is 0.120. The molecule has 9 heteroatoms. The van der Waals surface area contributed by atoms with Crippen LogP contribution < -0.4 is 0 Å². The van der Waals surface area contributed by atoms with E-state index in [0.29, 0.717) is 28.3 Å². The molecule has 3 heterocycles. The SMILES string of the molecule is Cc1nn(C)cc1-c1cc(C(F)F)c2c(C)nn(-c3ccc(C(=O)O)cc3)c2n1. The molecule has 0 saturated heterocycles. The summed E-state index contributed by atoms with van der Waals surface area (Å²) in [4.78, 5) is 15.7. The number of fused-ring (bicyclic) bond motifs is 1. The molecule has 3 aromatic heterocycles. The van der Waals surface area contributed by atoms with Crippen LogP contribution in [0.15, 0.2) is 36.5 Å². The number of alkyl halides is 2. The summed E-state index contributed by atoms with van der Waals surface area (Å²) in [6.07, 6.45) is -0.976. The van der Waals surface area contributed by atoms with Gasteiger partial charge >= 0.3 is 5.97 Å². The molecular formula is C20H17F2N5O2. The molecule has 0 atom stereocenters. The van der Waals surface area contributed by atoms with Gasteiger partial charge in [0.25, 0.3) is 6.43 Å². The van der Waals surface area contributed by atoms with Crippen molar-refractivity contribution in [1.29, 1.82) is 0 Å². The standard InChI is InChI=1S/C20H17F2N5O2/c1-10-15(9-26(3)24-10)16-8-14(18(21)22)17-11(2)25-27(19(17)23-16)13-6-4-12(5-7-13)20(28)29/h4-9,18H,1-3H3,(H,28,29). The number of pyridine rings is 1. The zero-order valence-corrected chi connectivity index (χ0v) is 15.9. The third kappa shape index (κ3) is 3.14. The van der Waals surface area contributed by atoms with Crippen LogP contribution in [0.4, 0.5) is 8.78 Å². The summed E-state index contributed by atoms with van der Waals surface area (Å²) < 4.78 is 30.8. The number of rotatable bonds is 4. The van der Waals surface area contributed by atoms with Gasteiger partial charge in [-0.25, -0.2) is 23.2 Å². The van der Waals surface area contributed by atoms with Gasteiger partial charge in [0.1, 0.15) is 0 Å². The number of halogens is 2. The van der Waals surface area contributed by atoms with Crippen molar-refractivity contribution in [3.8, 4) is 16.9 Å². The zero-order valence-electron chi connectivity index (χ0n) is 15.9. The smallest absolute Gasteiger partial charge is 0.335 e. The van der Waals surface area contributed by atoms with Gasteiger partial charge in [0.2, 0.25) is 0 Å². The van der Waals surface area contributed by atoms with Gasteiger partial charge in [0.15, 0.2) is 5.65 Å². The molecule has 1 aromatic carbocycles. The Bertz CT molecular complexity index is 1240. The van der Waals surface area contributed by atoms with Crippen molar-refractivity contribution in [2.75, 3.05) is 0 Å². The average Bonchev–Trinajstić information content (AvgIpc) is 3.19. The Balaban J connectivity index is 1.99. The van der Waals surface area contributed by atoms with Gasteiger partial charge in [-0.05, 0) is 44.2 Å². The zero-order chi connectivity index (χ0) is 20.9. The highest BCUT2D eigenvalue weighted by atomic mass is 19.3. The van der Waals surface area contributed by atoms with E-state index >= 15 is 0 Å². The Kier molecular flexibility index (Phi) is 4.37. The summed E-state index contributed by atoms with van der Waals surface area (Å²) in [5.41, 5.74) is 2.90. The molecule has 0 radical (unpaired) electrons. The molecule has 7 nitrogen and oxygen atoms in total. The number of nitrogens with zero attached hydrogens (tertiary/aromatic N) is 5. The monoisotopic (exact) mass is 397 g/mol. The molecule has 0 saturated carbocycles. The molecule has 29 heavy (non-hydrogen) atoms. The Labute approximate surface area is 164 Å². The predicted molar refractivity (Wildman–Crippen MR) is 102 cm³/mol. The van der Waals surface area contributed by atoms with E-state index in [0.717, 1.165) is 0 Å². The van der Waals surface area contributed by atoms with Gasteiger partial charge < -0.3 is 5.11 Å². The molecule has 148 valence electrons. The largest absolute Gasteiger partial charge is 0.478 e. The fourth-order valence-corrected chi connectivity index (χ4v) is 3.41. The van der Waals surface area contributed by atoms with Crippen molar-refractivity contribution >= 4 is 17.0 Å². The van der Waals surface area contributed by atoms with Crippen molar-refractivity contribution in [3.63, 3.8) is 0 Å². The van der Waals surface area contributed by atoms with E-state index in [1.165, 1.54) is 22.9 Å². The van der Waals surface area contributed by atoms with Gasteiger partial charge in [-0.3, -0.25) is 4.68 Å². The highest BCUT2D eigenvalue weighted by molar-refractivity contribution is 5.89. The first-order valence-electron chi connectivity index (χ1n) is 8.79. The molecule has 0 bridgehead atoms. The summed E-state index contributed by atoms with van der Waals surface area (Å²) in [5.74, 6) is -1.05. The maximum absolute atomic E-state index is 13.9. The van der Waals surface area contributed by atoms with Crippen LogP contribution in [-0.2, 0) is 7.05 Å². The Morgan fingerprint density at radius 1 is 1.10 bits per heavy atom. The Morgan fingerprint density at radius 3 is 2.34 bits per heavy atom. The van der Waals surface area contributed by atoms with E-state index < -0.39 is 12.4 Å². The number of aromatic carboxylic acids is 1. The lowest BCUT2D eigenvalue weighted by atomic mass is 10.1. The van der Waals surface area contributed by atoms with Crippen LogP contribution in [0.1, 0.15) is 33.7 Å². The molecular weight excluding hydrogens is 380 g/mol. The first kappa shape index (κ1) is 18.7. The predicted octanol–water partition coefficient (Wildman–Crippen LogP) is 4.07. The van der Waals surface area contributed by atoms with Crippen molar-refractivity contribution in [2.45, 2.75) is 20.3 Å². The molecule has 0 unspecified atom stereocenters. The van der Waals surface area contributed by atoms with E-state index in [4.69, 9.17) is 5.11 Å². The van der Waals surface area contributed by atoms with Gasteiger partial charge in [-0.15, -0.1) is 0 Å². The maximum atomic E-state index is 13.9. The third-order valence-corrected chi connectivity index (χ3v) is 4.73. The minimum Gasteiger partial charge on any atom is -0.478 e. The number of carboxylic acid groups (broad SMARTS) is 1. The van der Waals surface area contributed by atoms with Crippen molar-refractivity contribution in [2.24, 2.45) is 7.05 Å². The summed E-state index contributed by atoms with van der Waals surface area (Å²) in [7, 11) is 1.75. The molecule has 0 spiro atoms. The average molecular weight is 397 g/mol. The Morgan fingerprint density at radius 2 is 1.79 bits per heavy atom. The Hall–Kier alpha value is -3.62. The van der Waals surface area contributed by atoms with E-state index in [-0.39, 0.29) is 22.2 Å². The van der Waals surface area contributed by atoms with Crippen LogP contribution in [0.25, 0.3) is 28.0 Å². The van der Waals surface area contributed by atoms with Crippen LogP contribution in [0.2, 0.25) is 0 Å². The summed E-state index contributed by atoms with van der Waals surface area (Å²) >= 11 is 0. The normalized spacial score (nSPS) is 11.5. The first-order chi connectivity index (χ1) is 13.8. The lowest BCUT2D eigenvalue weighted by Crippen LogP contribution is -2.01. The quantitative estimate of drug-likeness (QED) is 0.561. The van der Waals surface area contributed by atoms with Crippen LogP contribution >= 0.6 is 0 Å². The summed E-state index contributed by atoms with van der Waals surface area (Å²) in [6, 6.07) is 7.39. The van der Waals surface area contributed by atoms with Crippen LogP contribution in [-0.4, -0.2) is 35.6 Å². The van der Waals surface area contributed by atoms with Crippen LogP contribution in [0.3, 0.4) is 0 Å². The number of hydrogen-bond donors (Lipinski definition) is 1. The fourth-order valence-electron chi connectivity index (χ4n) is 3.41. The van der Waals surface area contributed by atoms with E-state index in [1.54, 1.807) is 43.9 Å². The van der Waals surface area contributed by atoms with E-state index in [9.17, 15) is 13.6 Å². The highest BCUT2D eigenvalue weighted by Gasteiger charge is 2.22. The second-order valence-electron chi connectivity index (χ2n) is 6.75. The fraction of sp³-hybridized carbons (Fsp3) is 0.200. The number of aryl methyl sites for hydroxylation is 3. The maximum Gasteiger partial charge on any atom is 0.335 e. The van der Waals surface area contributed by atoms with Crippen molar-refractivity contribution in [1.82, 2.24) is 24.5 Å². The van der Waals surface area contributed by atoms with E-state index in [1.807, 2.05) is 0 Å². The molecule has 4 aromatic rings. The van der Waals surface area contributed by atoms with Gasteiger partial charge in [0.05, 0.1) is 33.7 Å². The molecule has 0 fully saturated rings. The number of carbonyl (C=O) groups is 1. The minimum atomic E-state index is -2.71. The third-order valence-electron chi connectivity index (χ3n) is 4.73. The molecule has 0 amide bonds. The lowest BCUT2D eigenvalue weighted by Gasteiger charge is -2.08. The molecule has 4 rings (SSSR count). The topological polar surface area (TPSA) is 85.8 Å². The van der Waals surface area contributed by atoms with Crippen molar-refractivity contribution in [3.05, 3.63) is 59.0 Å². The number of hydrogen-bond acceptors (Lipinski definition) is 4. The van der Waals surface area contributed by atoms with Gasteiger partial charge in [-0.2, -0.15) is 10.2 Å². The second-order valence-corrected chi connectivity index (χ2v) is 6.75. The number of aromatic nitrogens is 5. The van der Waals surface area contributed by atoms with E-state index in [2.05, 4.69) is 15.2 Å². The van der Waals surface area contributed by atoms with Gasteiger partial charge in [0, 0.05) is 24.4 Å². The number of carboxylic acids is 1. The first-order valence-corrected chi connectivity index (χ1v) is 8.79. The van der Waals surface area contributed by atoms with Crippen LogP contribution in [0.5, 0.6) is 0 Å². The van der Waals surface area contributed by atoms with Crippen molar-refractivity contribution < 1.29 is 18.7 Å². The molecule has 1 N–H and O–H groups in total. The highest BCUT2D eigenvalue weighted by Crippen LogP contribution is 2.34. The van der Waals surface area contributed by atoms with Crippen LogP contribution in [0, 0.1) is 13.8 Å². The second kappa shape index (κ2) is 6.77. The number of benzene rings is 1. The summed E-state index contributed by atoms with van der Waals surface area (Å²) in [6.45, 7) is 3.43. The molecule has 0 aliphatic heterocycles. The summed E-state index contributed by atoms with van der Waals surface area (Å²) in [5, 5.41) is 18.0.